The molecular formula is C34H38N4O6. The van der Waals surface area contributed by atoms with Crippen LogP contribution in [-0.2, 0) is 20.8 Å². The van der Waals surface area contributed by atoms with E-state index in [1.807, 2.05) is 48.2 Å². The largest absolute Gasteiger partial charge is 0.497 e. The van der Waals surface area contributed by atoms with Gasteiger partial charge in [-0.1, -0.05) is 42.0 Å². The van der Waals surface area contributed by atoms with E-state index in [1.165, 1.54) is 0 Å². The molecule has 5 rings (SSSR count). The molecule has 1 unspecified atom stereocenters. The lowest BCUT2D eigenvalue weighted by Gasteiger charge is -2.37. The molecule has 2 fully saturated rings. The Hall–Kier alpha value is -4.86. The number of methoxy groups -OCH3 is 1. The van der Waals surface area contributed by atoms with Crippen molar-refractivity contribution in [1.82, 2.24) is 10.2 Å². The van der Waals surface area contributed by atoms with Gasteiger partial charge in [0.25, 0.3) is 5.91 Å². The fourth-order valence-corrected chi connectivity index (χ4v) is 5.40. The van der Waals surface area contributed by atoms with E-state index >= 15 is 0 Å². The van der Waals surface area contributed by atoms with E-state index in [2.05, 4.69) is 15.5 Å². The van der Waals surface area contributed by atoms with Crippen LogP contribution in [0.2, 0.25) is 0 Å². The number of anilines is 2. The Morgan fingerprint density at radius 2 is 1.61 bits per heavy atom. The minimum atomic E-state index is -1.03. The smallest absolute Gasteiger partial charge is 0.305 e. The molecule has 1 saturated carbocycles. The number of ether oxygens (including phenoxy) is 1. The molecule has 1 atom stereocenters. The van der Waals surface area contributed by atoms with Crippen molar-refractivity contribution >= 4 is 35.1 Å². The van der Waals surface area contributed by atoms with Gasteiger partial charge < -0.3 is 30.3 Å². The van der Waals surface area contributed by atoms with Crippen molar-refractivity contribution in [3.8, 4) is 5.75 Å². The summed E-state index contributed by atoms with van der Waals surface area (Å²) in [7, 11) is 1.58. The van der Waals surface area contributed by atoms with E-state index in [0.717, 1.165) is 29.7 Å². The molecule has 3 N–H and O–H groups in total. The van der Waals surface area contributed by atoms with Gasteiger partial charge in [-0.2, -0.15) is 0 Å². The molecule has 10 heteroatoms. The topological polar surface area (TPSA) is 128 Å². The molecule has 1 aliphatic carbocycles. The second-order valence-electron chi connectivity index (χ2n) is 11.4. The first-order valence-electron chi connectivity index (χ1n) is 14.9. The second-order valence-corrected chi connectivity index (χ2v) is 11.4. The standard InChI is InChI=1S/C34H38N4O6/c1-22-3-7-24(8-4-22)28(21-32(40)41)36-33(42)26-11-14-30(37-15-17-38(18-16-37)34(43)25-9-10-25)29(20-26)35-31(39)19-23-5-12-27(44-2)13-6-23/h3-8,11-14,20,25,28H,9-10,15-19,21H2,1-2H3,(H,35,39)(H,36,42)(H,40,41). The highest BCUT2D eigenvalue weighted by molar-refractivity contribution is 6.00. The predicted molar refractivity (Wildman–Crippen MR) is 167 cm³/mol. The molecule has 230 valence electrons. The van der Waals surface area contributed by atoms with Crippen molar-refractivity contribution < 1.29 is 29.0 Å². The zero-order chi connectivity index (χ0) is 31.2. The number of benzene rings is 3. The van der Waals surface area contributed by atoms with Crippen molar-refractivity contribution in [2.24, 2.45) is 5.92 Å². The zero-order valence-corrected chi connectivity index (χ0v) is 25.0. The highest BCUT2D eigenvalue weighted by Crippen LogP contribution is 2.33. The molecule has 3 aromatic rings. The molecule has 0 spiro atoms. The Bertz CT molecular complexity index is 1510. The number of amides is 3. The first-order valence-corrected chi connectivity index (χ1v) is 14.9. The lowest BCUT2D eigenvalue weighted by atomic mass is 10.0. The van der Waals surface area contributed by atoms with Gasteiger partial charge in [-0.05, 0) is 61.2 Å². The Labute approximate surface area is 257 Å². The fourth-order valence-electron chi connectivity index (χ4n) is 5.40. The number of aliphatic carboxylic acids is 1. The predicted octanol–water partition coefficient (Wildman–Crippen LogP) is 4.19. The number of hydrogen-bond acceptors (Lipinski definition) is 6. The highest BCUT2D eigenvalue weighted by atomic mass is 16.5. The van der Waals surface area contributed by atoms with Crippen molar-refractivity contribution in [3.05, 3.63) is 89.0 Å². The number of carboxylic acid groups (broad SMARTS) is 1. The van der Waals surface area contributed by atoms with Crippen LogP contribution < -0.4 is 20.3 Å². The van der Waals surface area contributed by atoms with Crippen LogP contribution in [0.3, 0.4) is 0 Å². The lowest BCUT2D eigenvalue weighted by molar-refractivity contribution is -0.137. The van der Waals surface area contributed by atoms with Gasteiger partial charge in [0.2, 0.25) is 11.8 Å². The minimum Gasteiger partial charge on any atom is -0.497 e. The third-order valence-electron chi connectivity index (χ3n) is 8.08. The Balaban J connectivity index is 1.36. The van der Waals surface area contributed by atoms with Crippen molar-refractivity contribution in [3.63, 3.8) is 0 Å². The number of nitrogens with zero attached hydrogens (tertiary/aromatic N) is 2. The summed E-state index contributed by atoms with van der Waals surface area (Å²) < 4.78 is 5.21. The lowest BCUT2D eigenvalue weighted by Crippen LogP contribution is -2.49. The molecule has 2 aliphatic rings. The molecule has 10 nitrogen and oxygen atoms in total. The number of nitrogens with one attached hydrogen (secondary N) is 2. The third kappa shape index (κ3) is 7.75. The van der Waals surface area contributed by atoms with Gasteiger partial charge in [-0.3, -0.25) is 19.2 Å². The van der Waals surface area contributed by atoms with Crippen LogP contribution in [0.5, 0.6) is 5.75 Å². The normalized spacial score (nSPS) is 15.3. The van der Waals surface area contributed by atoms with Gasteiger partial charge >= 0.3 is 5.97 Å². The second kappa shape index (κ2) is 13.6. The molecule has 0 radical (unpaired) electrons. The maximum Gasteiger partial charge on any atom is 0.305 e. The monoisotopic (exact) mass is 598 g/mol. The van der Waals surface area contributed by atoms with Gasteiger partial charge in [0.05, 0.1) is 37.4 Å². The summed E-state index contributed by atoms with van der Waals surface area (Å²) in [4.78, 5) is 54.9. The van der Waals surface area contributed by atoms with Crippen LogP contribution in [0, 0.1) is 12.8 Å². The molecule has 0 aromatic heterocycles. The number of carboxylic acids is 1. The summed E-state index contributed by atoms with van der Waals surface area (Å²) in [5, 5.41) is 15.4. The van der Waals surface area contributed by atoms with Gasteiger partial charge in [0.15, 0.2) is 0 Å². The van der Waals surface area contributed by atoms with E-state index in [9.17, 15) is 24.3 Å². The van der Waals surface area contributed by atoms with Crippen LogP contribution in [-0.4, -0.2) is 67.0 Å². The third-order valence-corrected chi connectivity index (χ3v) is 8.08. The molecule has 1 aliphatic heterocycles. The molecule has 1 saturated heterocycles. The van der Waals surface area contributed by atoms with Crippen LogP contribution in [0.1, 0.15) is 52.4 Å². The molecular weight excluding hydrogens is 560 g/mol. The molecule has 3 aromatic carbocycles. The van der Waals surface area contributed by atoms with Crippen LogP contribution in [0.15, 0.2) is 66.7 Å². The number of rotatable bonds is 11. The first kappa shape index (κ1) is 30.6. The SMILES string of the molecule is COc1ccc(CC(=O)Nc2cc(C(=O)NC(CC(=O)O)c3ccc(C)cc3)ccc2N2CCN(C(=O)C3CC3)CC2)cc1. The Morgan fingerprint density at radius 3 is 2.23 bits per heavy atom. The van der Waals surface area contributed by atoms with Crippen molar-refractivity contribution in [2.75, 3.05) is 43.5 Å². The summed E-state index contributed by atoms with van der Waals surface area (Å²) in [5.74, 6) is -0.654. The summed E-state index contributed by atoms with van der Waals surface area (Å²) in [5.41, 5.74) is 4.04. The minimum absolute atomic E-state index is 0.123. The molecule has 3 amide bonds. The maximum absolute atomic E-state index is 13.5. The molecule has 0 bridgehead atoms. The van der Waals surface area contributed by atoms with Gasteiger partial charge in [-0.25, -0.2) is 0 Å². The van der Waals surface area contributed by atoms with E-state index in [0.29, 0.717) is 48.7 Å². The van der Waals surface area contributed by atoms with Gasteiger partial charge in [0.1, 0.15) is 5.75 Å². The van der Waals surface area contributed by atoms with E-state index in [1.54, 1.807) is 37.4 Å². The van der Waals surface area contributed by atoms with Crippen molar-refractivity contribution in [2.45, 2.75) is 38.6 Å². The zero-order valence-electron chi connectivity index (χ0n) is 25.0. The molecule has 44 heavy (non-hydrogen) atoms. The van der Waals surface area contributed by atoms with E-state index < -0.39 is 17.9 Å². The molecule has 1 heterocycles. The van der Waals surface area contributed by atoms with Crippen LogP contribution >= 0.6 is 0 Å². The Morgan fingerprint density at radius 1 is 0.932 bits per heavy atom. The van der Waals surface area contributed by atoms with E-state index in [-0.39, 0.29) is 30.6 Å². The average molecular weight is 599 g/mol. The number of aryl methyl sites for hydroxylation is 1. The summed E-state index contributed by atoms with van der Waals surface area (Å²) in [6.07, 6.45) is 1.77. The van der Waals surface area contributed by atoms with Gasteiger partial charge in [-0.15, -0.1) is 0 Å². The van der Waals surface area contributed by atoms with Crippen LogP contribution in [0.25, 0.3) is 0 Å². The number of carbonyl (C=O) groups is 4. The Kier molecular flexibility index (Phi) is 9.47. The quantitative estimate of drug-likeness (QED) is 0.302. The number of piperazine rings is 1. The number of hydrogen-bond donors (Lipinski definition) is 3. The average Bonchev–Trinajstić information content (AvgIpc) is 3.87. The number of carbonyl (C=O) groups excluding carboxylic acids is 3. The summed E-state index contributed by atoms with van der Waals surface area (Å²) >= 11 is 0. The van der Waals surface area contributed by atoms with Crippen molar-refractivity contribution in [1.29, 1.82) is 0 Å². The highest BCUT2D eigenvalue weighted by Gasteiger charge is 2.35. The van der Waals surface area contributed by atoms with E-state index in [4.69, 9.17) is 4.74 Å². The first-order chi connectivity index (χ1) is 21.2. The fraction of sp³-hybridized carbons (Fsp3) is 0.353. The van der Waals surface area contributed by atoms with Crippen LogP contribution in [0.4, 0.5) is 11.4 Å². The summed E-state index contributed by atoms with van der Waals surface area (Å²) in [6, 6.07) is 19.0. The summed E-state index contributed by atoms with van der Waals surface area (Å²) in [6.45, 7) is 4.30. The maximum atomic E-state index is 13.5. The van der Waals surface area contributed by atoms with Gasteiger partial charge in [0, 0.05) is 37.7 Å².